The van der Waals surface area contributed by atoms with Crippen LogP contribution in [0, 0.1) is 0 Å². The predicted octanol–water partition coefficient (Wildman–Crippen LogP) is 3.09. The summed E-state index contributed by atoms with van der Waals surface area (Å²) in [4.78, 5) is 0. The molecule has 0 aromatic heterocycles. The first-order valence-electron chi connectivity index (χ1n) is 7.66. The summed E-state index contributed by atoms with van der Waals surface area (Å²) in [5.74, 6) is 0. The Kier molecular flexibility index (Phi) is 12.6. The maximum atomic E-state index is 5.89. The third kappa shape index (κ3) is 8.42. The predicted molar refractivity (Wildman–Crippen MR) is 82.7 cm³/mol. The third-order valence-corrected chi connectivity index (χ3v) is 11.3. The van der Waals surface area contributed by atoms with Crippen molar-refractivity contribution in [2.24, 2.45) is 0 Å². The van der Waals surface area contributed by atoms with Gasteiger partial charge in [-0.15, -0.1) is 0 Å². The van der Waals surface area contributed by atoms with Crippen LogP contribution >= 0.6 is 0 Å². The Morgan fingerprint density at radius 3 is 1.67 bits per heavy atom. The van der Waals surface area contributed by atoms with Gasteiger partial charge in [0.05, 0.1) is 0 Å². The van der Waals surface area contributed by atoms with Crippen molar-refractivity contribution in [3.8, 4) is 0 Å². The topological polar surface area (TPSA) is 27.7 Å². The normalized spacial score (nSPS) is 12.7. The minimum atomic E-state index is -2.23. The van der Waals surface area contributed by atoms with E-state index in [4.69, 9.17) is 13.3 Å². The molecule has 0 unspecified atom stereocenters. The summed E-state index contributed by atoms with van der Waals surface area (Å²) in [6.45, 7) is 10.5. The van der Waals surface area contributed by atoms with Crippen LogP contribution in [-0.4, -0.2) is 37.2 Å². The number of unbranched alkanes of at least 4 members (excludes halogenated alkanes) is 4. The maximum Gasteiger partial charge on any atom is 0.462 e. The van der Waals surface area contributed by atoms with Gasteiger partial charge in [-0.25, -0.2) is 0 Å². The van der Waals surface area contributed by atoms with E-state index in [2.05, 4.69) is 6.92 Å². The van der Waals surface area contributed by atoms with Gasteiger partial charge in [0.2, 0.25) is 0 Å². The van der Waals surface area contributed by atoms with E-state index in [1.54, 1.807) is 0 Å². The Labute approximate surface area is 117 Å². The molecule has 0 aromatic rings. The molecule has 0 amide bonds. The van der Waals surface area contributed by atoms with Crippen molar-refractivity contribution in [1.29, 1.82) is 0 Å². The Bertz CT molecular complexity index is 163. The highest BCUT2D eigenvalue weighted by atomic mass is 29.2. The summed E-state index contributed by atoms with van der Waals surface area (Å²) < 4.78 is 17.7. The fourth-order valence-corrected chi connectivity index (χ4v) is 10.3. The van der Waals surface area contributed by atoms with Gasteiger partial charge in [0.25, 0.3) is 0 Å². The van der Waals surface area contributed by atoms with Crippen molar-refractivity contribution in [3.05, 3.63) is 0 Å². The molecule has 18 heavy (non-hydrogen) atoms. The molecule has 5 heteroatoms. The van der Waals surface area contributed by atoms with E-state index in [0.717, 1.165) is 19.8 Å². The number of hydrogen-bond acceptors (Lipinski definition) is 3. The first-order chi connectivity index (χ1) is 8.74. The summed E-state index contributed by atoms with van der Waals surface area (Å²) in [7, 11) is -2.60. The Hall–Kier alpha value is 0.314. The van der Waals surface area contributed by atoms with Crippen LogP contribution in [0.2, 0.25) is 6.04 Å². The van der Waals surface area contributed by atoms with Crippen LogP contribution in [0.15, 0.2) is 0 Å². The van der Waals surface area contributed by atoms with E-state index >= 15 is 0 Å². The molecule has 0 aliphatic heterocycles. The molecule has 3 nitrogen and oxygen atoms in total. The molecule has 0 aliphatic carbocycles. The number of hydrogen-bond donors (Lipinski definition) is 0. The summed E-state index contributed by atoms with van der Waals surface area (Å²) in [6, 6.07) is 1.30. The highest BCUT2D eigenvalue weighted by Gasteiger charge is 2.38. The maximum absolute atomic E-state index is 5.89. The first-order valence-corrected chi connectivity index (χ1v) is 12.7. The molecule has 0 aromatic carbocycles. The highest BCUT2D eigenvalue weighted by Crippen LogP contribution is 2.13. The molecule has 110 valence electrons. The average molecular weight is 293 g/mol. The van der Waals surface area contributed by atoms with E-state index in [0.29, 0.717) is 0 Å². The van der Waals surface area contributed by atoms with Crippen molar-refractivity contribution >= 4 is 17.4 Å². The molecule has 0 aliphatic rings. The standard InChI is InChI=1S/C13H32O3Si2/c1-5-9-10-11-12-13-17-18(14-6-2,15-7-3)16-8-4/h5-13,17H2,1-4H3. The quantitative estimate of drug-likeness (QED) is 0.386. The van der Waals surface area contributed by atoms with Gasteiger partial charge >= 0.3 is 8.32 Å². The number of rotatable bonds is 13. The summed E-state index contributed by atoms with van der Waals surface area (Å²) in [5, 5.41) is 0. The van der Waals surface area contributed by atoms with Crippen molar-refractivity contribution in [2.45, 2.75) is 65.8 Å². The van der Waals surface area contributed by atoms with Crippen molar-refractivity contribution in [1.82, 2.24) is 0 Å². The molecule has 0 radical (unpaired) electrons. The van der Waals surface area contributed by atoms with E-state index in [1.165, 1.54) is 38.1 Å². The van der Waals surface area contributed by atoms with Crippen LogP contribution in [0.5, 0.6) is 0 Å². The Morgan fingerprint density at radius 1 is 0.722 bits per heavy atom. The van der Waals surface area contributed by atoms with Crippen LogP contribution in [-0.2, 0) is 13.3 Å². The van der Waals surface area contributed by atoms with Gasteiger partial charge in [-0.1, -0.05) is 45.1 Å². The molecule has 0 atom stereocenters. The van der Waals surface area contributed by atoms with Gasteiger partial charge < -0.3 is 13.3 Å². The van der Waals surface area contributed by atoms with E-state index in [-0.39, 0.29) is 9.04 Å². The van der Waals surface area contributed by atoms with Crippen LogP contribution in [0.25, 0.3) is 0 Å². The molecule has 0 rings (SSSR count). The molecule has 0 saturated heterocycles. The molecule has 0 saturated carbocycles. The van der Waals surface area contributed by atoms with E-state index in [1.807, 2.05) is 20.8 Å². The lowest BCUT2D eigenvalue weighted by Crippen LogP contribution is -2.52. The molecule has 0 N–H and O–H groups in total. The summed E-state index contributed by atoms with van der Waals surface area (Å²) >= 11 is 0. The third-order valence-electron chi connectivity index (χ3n) is 2.93. The minimum absolute atomic E-state index is 0.377. The Morgan fingerprint density at radius 2 is 1.22 bits per heavy atom. The fraction of sp³-hybridized carbons (Fsp3) is 1.00. The smallest absolute Gasteiger partial charge is 0.377 e. The monoisotopic (exact) mass is 292 g/mol. The second-order valence-corrected chi connectivity index (χ2v) is 12.0. The van der Waals surface area contributed by atoms with Gasteiger partial charge in [-0.3, -0.25) is 0 Å². The van der Waals surface area contributed by atoms with Crippen LogP contribution < -0.4 is 0 Å². The van der Waals surface area contributed by atoms with Gasteiger partial charge in [0.15, 0.2) is 0 Å². The van der Waals surface area contributed by atoms with Gasteiger partial charge in [0.1, 0.15) is 9.04 Å². The molecular weight excluding hydrogens is 260 g/mol. The molecular formula is C13H32O3Si2. The zero-order valence-electron chi connectivity index (χ0n) is 12.8. The molecule has 0 spiro atoms. The van der Waals surface area contributed by atoms with Crippen LogP contribution in [0.1, 0.15) is 59.8 Å². The molecule has 0 heterocycles. The SMILES string of the molecule is CCCCCCC[SiH2][Si](OCC)(OCC)OCC. The largest absolute Gasteiger partial charge is 0.462 e. The van der Waals surface area contributed by atoms with Crippen LogP contribution in [0.3, 0.4) is 0 Å². The lowest BCUT2D eigenvalue weighted by Gasteiger charge is -2.28. The van der Waals surface area contributed by atoms with Gasteiger partial charge in [-0.05, 0) is 20.8 Å². The summed E-state index contributed by atoms with van der Waals surface area (Å²) in [5.41, 5.74) is 0. The van der Waals surface area contributed by atoms with E-state index < -0.39 is 8.32 Å². The first kappa shape index (κ1) is 18.3. The summed E-state index contributed by atoms with van der Waals surface area (Å²) in [6.07, 6.45) is 6.74. The van der Waals surface area contributed by atoms with Crippen molar-refractivity contribution < 1.29 is 13.3 Å². The molecule has 0 bridgehead atoms. The van der Waals surface area contributed by atoms with Crippen LogP contribution in [0.4, 0.5) is 0 Å². The van der Waals surface area contributed by atoms with Crippen molar-refractivity contribution in [3.63, 3.8) is 0 Å². The van der Waals surface area contributed by atoms with Gasteiger partial charge in [-0.2, -0.15) is 0 Å². The molecule has 0 fully saturated rings. The van der Waals surface area contributed by atoms with E-state index in [9.17, 15) is 0 Å². The second-order valence-electron chi connectivity index (χ2n) is 4.50. The lowest BCUT2D eigenvalue weighted by atomic mass is 10.2. The highest BCUT2D eigenvalue weighted by molar-refractivity contribution is 7.14. The van der Waals surface area contributed by atoms with Crippen molar-refractivity contribution in [2.75, 3.05) is 19.8 Å². The second kappa shape index (κ2) is 12.4. The van der Waals surface area contributed by atoms with Gasteiger partial charge in [0, 0.05) is 19.8 Å². The lowest BCUT2D eigenvalue weighted by molar-refractivity contribution is 0.0928. The fourth-order valence-electron chi connectivity index (χ4n) is 2.12. The Balaban J connectivity index is 3.97. The average Bonchev–Trinajstić information content (AvgIpc) is 2.35. The zero-order chi connectivity index (χ0) is 13.7. The zero-order valence-corrected chi connectivity index (χ0v) is 15.2. The minimum Gasteiger partial charge on any atom is -0.377 e.